The minimum Gasteiger partial charge on any atom is -0.314 e. The molecule has 1 aliphatic rings. The maximum Gasteiger partial charge on any atom is 0.416 e. The lowest BCUT2D eigenvalue weighted by molar-refractivity contribution is -0.139. The Labute approximate surface area is 117 Å². The Morgan fingerprint density at radius 3 is 2.24 bits per heavy atom. The Balaban J connectivity index is 2.49. The van der Waals surface area contributed by atoms with Crippen molar-refractivity contribution in [2.24, 2.45) is 0 Å². The molecular weight excluding hydrogens is 298 g/mol. The summed E-state index contributed by atoms with van der Waals surface area (Å²) in [6.45, 7) is 1.03. The van der Waals surface area contributed by atoms with Crippen molar-refractivity contribution in [3.05, 3.63) is 35.1 Å². The van der Waals surface area contributed by atoms with Gasteiger partial charge < -0.3 is 5.32 Å². The average molecular weight is 312 g/mol. The standard InChI is InChI=1S/C13H14F6N2/c14-9-3-1-2-8(13(17,18)19)10(9)11(12(15)16)21-6-4-20-5-7-21/h1-3,11-12,20H,4-7H2/t11-/m0/s1. The molecule has 0 unspecified atom stereocenters. The van der Waals surface area contributed by atoms with Crippen molar-refractivity contribution in [3.8, 4) is 0 Å². The maximum atomic E-state index is 13.9. The SMILES string of the molecule is Fc1cccc(C(F)(F)F)c1[C@@H](C(F)F)N1CCNCC1. The van der Waals surface area contributed by atoms with Crippen LogP contribution in [0.4, 0.5) is 26.3 Å². The second kappa shape index (κ2) is 6.23. The predicted molar refractivity (Wildman–Crippen MR) is 64.6 cm³/mol. The van der Waals surface area contributed by atoms with Gasteiger partial charge in [0.25, 0.3) is 6.43 Å². The Morgan fingerprint density at radius 2 is 1.71 bits per heavy atom. The van der Waals surface area contributed by atoms with Gasteiger partial charge in [-0.1, -0.05) is 6.07 Å². The molecule has 1 saturated heterocycles. The van der Waals surface area contributed by atoms with Crippen molar-refractivity contribution >= 4 is 0 Å². The van der Waals surface area contributed by atoms with Crippen LogP contribution in [0.3, 0.4) is 0 Å². The van der Waals surface area contributed by atoms with E-state index in [1.165, 1.54) is 4.90 Å². The fraction of sp³-hybridized carbons (Fsp3) is 0.538. The molecule has 21 heavy (non-hydrogen) atoms. The second-order valence-electron chi connectivity index (χ2n) is 4.76. The van der Waals surface area contributed by atoms with Crippen LogP contribution < -0.4 is 5.32 Å². The van der Waals surface area contributed by atoms with E-state index in [0.29, 0.717) is 19.2 Å². The van der Waals surface area contributed by atoms with Crippen LogP contribution in [0.5, 0.6) is 0 Å². The largest absolute Gasteiger partial charge is 0.416 e. The first kappa shape index (κ1) is 16.1. The van der Waals surface area contributed by atoms with E-state index in [1.54, 1.807) is 0 Å². The first-order chi connectivity index (χ1) is 9.82. The molecule has 1 fully saturated rings. The minimum atomic E-state index is -4.88. The number of hydrogen-bond acceptors (Lipinski definition) is 2. The molecule has 1 aromatic rings. The molecule has 2 nitrogen and oxygen atoms in total. The molecule has 0 saturated carbocycles. The molecule has 2 rings (SSSR count). The van der Waals surface area contributed by atoms with E-state index in [4.69, 9.17) is 0 Å². The van der Waals surface area contributed by atoms with Gasteiger partial charge in [-0.3, -0.25) is 4.90 Å². The number of benzene rings is 1. The van der Waals surface area contributed by atoms with Crippen LogP contribution in [0.15, 0.2) is 18.2 Å². The van der Waals surface area contributed by atoms with Gasteiger partial charge in [-0.15, -0.1) is 0 Å². The molecule has 0 amide bonds. The van der Waals surface area contributed by atoms with Crippen molar-refractivity contribution in [2.75, 3.05) is 26.2 Å². The van der Waals surface area contributed by atoms with E-state index < -0.39 is 35.6 Å². The summed E-state index contributed by atoms with van der Waals surface area (Å²) in [5, 5.41) is 2.92. The number of alkyl halides is 5. The van der Waals surface area contributed by atoms with Gasteiger partial charge in [0.1, 0.15) is 5.82 Å². The predicted octanol–water partition coefficient (Wildman–Crippen LogP) is 3.06. The first-order valence-electron chi connectivity index (χ1n) is 6.41. The highest BCUT2D eigenvalue weighted by Gasteiger charge is 2.41. The molecule has 0 bridgehead atoms. The van der Waals surface area contributed by atoms with Crippen molar-refractivity contribution in [2.45, 2.75) is 18.6 Å². The lowest BCUT2D eigenvalue weighted by Crippen LogP contribution is -2.47. The number of halogens is 6. The number of rotatable bonds is 3. The zero-order valence-electron chi connectivity index (χ0n) is 10.9. The average Bonchev–Trinajstić information content (AvgIpc) is 2.40. The topological polar surface area (TPSA) is 15.3 Å². The number of hydrogen-bond donors (Lipinski definition) is 1. The second-order valence-corrected chi connectivity index (χ2v) is 4.76. The highest BCUT2D eigenvalue weighted by atomic mass is 19.4. The normalized spacial score (nSPS) is 19.0. The van der Waals surface area contributed by atoms with Gasteiger partial charge in [-0.05, 0) is 12.1 Å². The van der Waals surface area contributed by atoms with Crippen LogP contribution in [0.1, 0.15) is 17.2 Å². The van der Waals surface area contributed by atoms with Gasteiger partial charge in [-0.2, -0.15) is 13.2 Å². The molecule has 0 spiro atoms. The lowest BCUT2D eigenvalue weighted by Gasteiger charge is -2.35. The number of nitrogens with zero attached hydrogens (tertiary/aromatic N) is 1. The van der Waals surface area contributed by atoms with Gasteiger partial charge in [0, 0.05) is 31.7 Å². The summed E-state index contributed by atoms with van der Waals surface area (Å²) in [5.41, 5.74) is -2.31. The Hall–Kier alpha value is -1.28. The first-order valence-corrected chi connectivity index (χ1v) is 6.41. The molecule has 0 radical (unpaired) electrons. The molecule has 1 N–H and O–H groups in total. The molecule has 8 heteroatoms. The van der Waals surface area contributed by atoms with E-state index in [2.05, 4.69) is 5.32 Å². The van der Waals surface area contributed by atoms with Gasteiger partial charge in [0.2, 0.25) is 0 Å². The van der Waals surface area contributed by atoms with Crippen molar-refractivity contribution in [1.82, 2.24) is 10.2 Å². The molecule has 1 aliphatic heterocycles. The highest BCUT2D eigenvalue weighted by molar-refractivity contribution is 5.34. The molecule has 1 atom stereocenters. The molecular formula is C13H14F6N2. The van der Waals surface area contributed by atoms with Crippen LogP contribution in [-0.2, 0) is 6.18 Å². The molecule has 1 aromatic carbocycles. The summed E-state index contributed by atoms with van der Waals surface area (Å²) in [7, 11) is 0. The van der Waals surface area contributed by atoms with Gasteiger partial charge >= 0.3 is 6.18 Å². The minimum absolute atomic E-state index is 0.140. The third-order valence-corrected chi connectivity index (χ3v) is 3.44. The number of piperazine rings is 1. The van der Waals surface area contributed by atoms with Gasteiger partial charge in [-0.25, -0.2) is 13.2 Å². The lowest BCUT2D eigenvalue weighted by atomic mass is 9.97. The van der Waals surface area contributed by atoms with Crippen LogP contribution in [0.25, 0.3) is 0 Å². The summed E-state index contributed by atoms with van der Waals surface area (Å²) >= 11 is 0. The van der Waals surface area contributed by atoms with Crippen molar-refractivity contribution in [1.29, 1.82) is 0 Å². The van der Waals surface area contributed by atoms with Crippen LogP contribution in [0.2, 0.25) is 0 Å². The van der Waals surface area contributed by atoms with Crippen LogP contribution in [0, 0.1) is 5.82 Å². The summed E-state index contributed by atoms with van der Waals surface area (Å²) in [6.07, 6.45) is -7.99. The molecule has 1 heterocycles. The summed E-state index contributed by atoms with van der Waals surface area (Å²) in [6, 6.07) is 0.394. The van der Waals surface area contributed by atoms with Crippen molar-refractivity contribution in [3.63, 3.8) is 0 Å². The summed E-state index contributed by atoms with van der Waals surface area (Å²) in [5.74, 6) is -1.26. The number of nitrogens with one attached hydrogen (secondary N) is 1. The molecule has 118 valence electrons. The highest BCUT2D eigenvalue weighted by Crippen LogP contribution is 2.39. The van der Waals surface area contributed by atoms with Crippen LogP contribution in [-0.4, -0.2) is 37.5 Å². The third kappa shape index (κ3) is 3.49. The Morgan fingerprint density at radius 1 is 1.10 bits per heavy atom. The smallest absolute Gasteiger partial charge is 0.314 e. The zero-order valence-corrected chi connectivity index (χ0v) is 10.9. The van der Waals surface area contributed by atoms with Gasteiger partial charge in [0.15, 0.2) is 0 Å². The quantitative estimate of drug-likeness (QED) is 0.863. The zero-order chi connectivity index (χ0) is 15.6. The summed E-state index contributed by atoms with van der Waals surface area (Å²) < 4.78 is 79.4. The van der Waals surface area contributed by atoms with E-state index >= 15 is 0 Å². The van der Waals surface area contributed by atoms with Crippen LogP contribution >= 0.6 is 0 Å². The van der Waals surface area contributed by atoms with E-state index in [9.17, 15) is 26.3 Å². The Kier molecular flexibility index (Phi) is 4.77. The fourth-order valence-electron chi connectivity index (χ4n) is 2.51. The molecule has 0 aliphatic carbocycles. The van der Waals surface area contributed by atoms with E-state index in [1.807, 2.05) is 0 Å². The van der Waals surface area contributed by atoms with Gasteiger partial charge in [0.05, 0.1) is 11.6 Å². The Bertz CT molecular complexity index is 482. The monoisotopic (exact) mass is 312 g/mol. The summed E-state index contributed by atoms with van der Waals surface area (Å²) in [4.78, 5) is 1.19. The van der Waals surface area contributed by atoms with E-state index in [0.717, 1.165) is 12.1 Å². The maximum absolute atomic E-state index is 13.9. The fourth-order valence-corrected chi connectivity index (χ4v) is 2.51. The molecule has 0 aromatic heterocycles. The van der Waals surface area contributed by atoms with Crippen molar-refractivity contribution < 1.29 is 26.3 Å². The van der Waals surface area contributed by atoms with E-state index in [-0.39, 0.29) is 13.1 Å². The third-order valence-electron chi connectivity index (χ3n) is 3.44.